The van der Waals surface area contributed by atoms with Gasteiger partial charge in [0.2, 0.25) is 0 Å². The standard InChI is InChI=1S/C83H158O17P2/c1-8-11-12-13-14-15-16-17-20-28-33-38-43-52-59-67-83(88)100-79(71-94-81(86)65-58-51-46-45-49-56-63-76(7)10-3)73-98-102(91,92)96-69-77(84)68-95-101(89,90)97-72-78(99-82(87)66-60-53-44-39-34-29-24-23-26-31-36-41-48-55-62-75(6)9-2)70-93-80(85)64-57-50-42-37-32-27-22-19-18-21-25-30-35-40-47-54-61-74(4)5/h15-17,20,74-79,84H,8-14,18-19,21-73H2,1-7H3,(H,89,90)(H,91,92)/b16-15-,20-17-/t75?,76?,77-,78-,79-/m1/s1. The molecule has 0 saturated heterocycles. The van der Waals surface area contributed by atoms with Crippen LogP contribution in [0.4, 0.5) is 0 Å². The van der Waals surface area contributed by atoms with Gasteiger partial charge in [-0.15, -0.1) is 0 Å². The molecule has 0 aromatic rings. The lowest BCUT2D eigenvalue weighted by atomic mass is 9.99. The summed E-state index contributed by atoms with van der Waals surface area (Å²) in [5, 5.41) is 10.6. The minimum absolute atomic E-state index is 0.0841. The Labute approximate surface area is 624 Å². The number of hydrogen-bond acceptors (Lipinski definition) is 15. The number of allylic oxidation sites excluding steroid dienone is 4. The summed E-state index contributed by atoms with van der Waals surface area (Å²) in [5.41, 5.74) is 0. The lowest BCUT2D eigenvalue weighted by Gasteiger charge is -2.21. The van der Waals surface area contributed by atoms with Crippen LogP contribution in [0.25, 0.3) is 0 Å². The first-order chi connectivity index (χ1) is 49.3. The van der Waals surface area contributed by atoms with Gasteiger partial charge in [-0.2, -0.15) is 0 Å². The number of hydrogen-bond donors (Lipinski definition) is 3. The van der Waals surface area contributed by atoms with Crippen LogP contribution < -0.4 is 0 Å². The fraction of sp³-hybridized carbons (Fsp3) is 0.904. The molecule has 0 fully saturated rings. The SMILES string of the molecule is CCCCCC/C=C\C=C/CCCCCCCC(=O)O[C@H](COC(=O)CCCCCCCCC(C)CC)COP(=O)(O)OC[C@H](O)COP(=O)(O)OC[C@@H](COC(=O)CCCCCCCCCCCCCCCCCCC(C)C)OC(=O)CCCCCCCCCCCCCCCCC(C)CC. The van der Waals surface area contributed by atoms with Crippen molar-refractivity contribution in [3.8, 4) is 0 Å². The topological polar surface area (TPSA) is 237 Å². The first-order valence-electron chi connectivity index (χ1n) is 42.2. The molecule has 3 N–H and O–H groups in total. The van der Waals surface area contributed by atoms with E-state index in [4.69, 9.17) is 37.0 Å². The van der Waals surface area contributed by atoms with Crippen molar-refractivity contribution < 1.29 is 80.2 Å². The van der Waals surface area contributed by atoms with E-state index in [9.17, 15) is 43.2 Å². The molecular formula is C83H158O17P2. The smallest absolute Gasteiger partial charge is 0.462 e. The predicted molar refractivity (Wildman–Crippen MR) is 418 cm³/mol. The van der Waals surface area contributed by atoms with Gasteiger partial charge in [0.05, 0.1) is 26.4 Å². The quantitative estimate of drug-likeness (QED) is 0.0169. The molecule has 0 aliphatic heterocycles. The number of aliphatic hydroxyl groups excluding tert-OH is 1. The summed E-state index contributed by atoms with van der Waals surface area (Å²) in [4.78, 5) is 73.1. The maximum Gasteiger partial charge on any atom is 0.472 e. The summed E-state index contributed by atoms with van der Waals surface area (Å²) in [6, 6.07) is 0. The third-order valence-electron chi connectivity index (χ3n) is 19.5. The number of carbonyl (C=O) groups excluding carboxylic acids is 4. The normalized spacial score (nSPS) is 14.6. The second kappa shape index (κ2) is 72.7. The molecule has 0 radical (unpaired) electrons. The van der Waals surface area contributed by atoms with Crippen LogP contribution in [-0.4, -0.2) is 96.7 Å². The maximum absolute atomic E-state index is 13.1. The molecule has 17 nitrogen and oxygen atoms in total. The molecule has 0 aromatic carbocycles. The van der Waals surface area contributed by atoms with Crippen molar-refractivity contribution in [3.05, 3.63) is 24.3 Å². The van der Waals surface area contributed by atoms with E-state index in [0.29, 0.717) is 25.7 Å². The van der Waals surface area contributed by atoms with Crippen molar-refractivity contribution in [3.63, 3.8) is 0 Å². The monoisotopic (exact) mass is 1490 g/mol. The Morgan fingerprint density at radius 1 is 0.324 bits per heavy atom. The number of esters is 4. The zero-order valence-electron chi connectivity index (χ0n) is 66.6. The first kappa shape index (κ1) is 99.5. The van der Waals surface area contributed by atoms with Crippen LogP contribution in [0.2, 0.25) is 0 Å². The van der Waals surface area contributed by atoms with Crippen LogP contribution in [0.1, 0.15) is 408 Å². The molecule has 602 valence electrons. The summed E-state index contributed by atoms with van der Waals surface area (Å²) in [7, 11) is -9.94. The van der Waals surface area contributed by atoms with E-state index >= 15 is 0 Å². The maximum atomic E-state index is 13.1. The minimum Gasteiger partial charge on any atom is -0.462 e. The van der Waals surface area contributed by atoms with Crippen molar-refractivity contribution in [2.24, 2.45) is 17.8 Å². The van der Waals surface area contributed by atoms with Gasteiger partial charge >= 0.3 is 39.5 Å². The summed E-state index contributed by atoms with van der Waals surface area (Å²) in [6.45, 7) is 11.9. The highest BCUT2D eigenvalue weighted by molar-refractivity contribution is 7.47. The van der Waals surface area contributed by atoms with Crippen molar-refractivity contribution >= 4 is 39.5 Å². The highest BCUT2D eigenvalue weighted by Gasteiger charge is 2.30. The molecule has 0 amide bonds. The summed E-state index contributed by atoms with van der Waals surface area (Å²) < 4.78 is 68.7. The molecule has 0 spiro atoms. The number of ether oxygens (including phenoxy) is 4. The third kappa shape index (κ3) is 73.1. The van der Waals surface area contributed by atoms with Gasteiger partial charge < -0.3 is 33.8 Å². The molecule has 0 rings (SSSR count). The lowest BCUT2D eigenvalue weighted by molar-refractivity contribution is -0.161. The van der Waals surface area contributed by atoms with Crippen LogP contribution in [0.3, 0.4) is 0 Å². The van der Waals surface area contributed by atoms with Gasteiger partial charge in [-0.3, -0.25) is 37.3 Å². The number of aliphatic hydroxyl groups is 1. The Kier molecular flexibility index (Phi) is 71.0. The van der Waals surface area contributed by atoms with Crippen molar-refractivity contribution in [1.29, 1.82) is 0 Å². The molecule has 102 heavy (non-hydrogen) atoms. The Bertz CT molecular complexity index is 2070. The fourth-order valence-corrected chi connectivity index (χ4v) is 13.8. The van der Waals surface area contributed by atoms with Crippen molar-refractivity contribution in [2.45, 2.75) is 426 Å². The number of rotatable bonds is 79. The zero-order valence-corrected chi connectivity index (χ0v) is 68.4. The Morgan fingerprint density at radius 3 is 0.873 bits per heavy atom. The van der Waals surface area contributed by atoms with E-state index in [-0.39, 0.29) is 25.7 Å². The van der Waals surface area contributed by atoms with Gasteiger partial charge in [0.25, 0.3) is 0 Å². The molecule has 7 atom stereocenters. The first-order valence-corrected chi connectivity index (χ1v) is 45.2. The summed E-state index contributed by atoms with van der Waals surface area (Å²) >= 11 is 0. The van der Waals surface area contributed by atoms with Gasteiger partial charge in [0, 0.05) is 25.7 Å². The van der Waals surface area contributed by atoms with E-state index in [0.717, 1.165) is 127 Å². The van der Waals surface area contributed by atoms with Crippen LogP contribution in [0.5, 0.6) is 0 Å². The van der Waals surface area contributed by atoms with Crippen molar-refractivity contribution in [2.75, 3.05) is 39.6 Å². The minimum atomic E-state index is -4.97. The third-order valence-corrected chi connectivity index (χ3v) is 21.4. The largest absolute Gasteiger partial charge is 0.472 e. The van der Waals surface area contributed by atoms with Gasteiger partial charge in [-0.25, -0.2) is 9.13 Å². The highest BCUT2D eigenvalue weighted by atomic mass is 31.2. The summed E-state index contributed by atoms with van der Waals surface area (Å²) in [5.74, 6) is 0.243. The second-order valence-electron chi connectivity index (χ2n) is 30.1. The molecular weight excluding hydrogens is 1330 g/mol. The van der Waals surface area contributed by atoms with Gasteiger partial charge in [-0.05, 0) is 69.1 Å². The lowest BCUT2D eigenvalue weighted by Crippen LogP contribution is -2.30. The average Bonchev–Trinajstić information content (AvgIpc) is 0.919. The van der Waals surface area contributed by atoms with Crippen LogP contribution in [-0.2, 0) is 65.4 Å². The highest BCUT2D eigenvalue weighted by Crippen LogP contribution is 2.45. The Hall–Kier alpha value is -2.46. The predicted octanol–water partition coefficient (Wildman–Crippen LogP) is 24.5. The Balaban J connectivity index is 5.28. The van der Waals surface area contributed by atoms with Gasteiger partial charge in [0.1, 0.15) is 19.3 Å². The molecule has 19 heteroatoms. The average molecular weight is 1490 g/mol. The zero-order chi connectivity index (χ0) is 75.1. The second-order valence-corrected chi connectivity index (χ2v) is 33.0. The van der Waals surface area contributed by atoms with E-state index in [1.165, 1.54) is 199 Å². The van der Waals surface area contributed by atoms with Crippen LogP contribution >= 0.6 is 15.6 Å². The molecule has 0 saturated carbocycles. The van der Waals surface area contributed by atoms with E-state index in [2.05, 4.69) is 72.8 Å². The van der Waals surface area contributed by atoms with E-state index in [1.807, 2.05) is 0 Å². The molecule has 0 bridgehead atoms. The number of carbonyl (C=O) groups is 4. The Morgan fingerprint density at radius 2 is 0.578 bits per heavy atom. The van der Waals surface area contributed by atoms with Gasteiger partial charge in [0.15, 0.2) is 12.2 Å². The van der Waals surface area contributed by atoms with Gasteiger partial charge in [-0.1, -0.05) is 355 Å². The van der Waals surface area contributed by atoms with Crippen molar-refractivity contribution in [1.82, 2.24) is 0 Å². The summed E-state index contributed by atoms with van der Waals surface area (Å²) in [6.07, 6.45) is 64.6. The number of phosphoric acid groups is 2. The molecule has 0 aromatic heterocycles. The number of phosphoric ester groups is 2. The fourth-order valence-electron chi connectivity index (χ4n) is 12.2. The molecule has 0 aliphatic carbocycles. The molecule has 0 heterocycles. The molecule has 4 unspecified atom stereocenters. The van der Waals surface area contributed by atoms with E-state index < -0.39 is 97.5 Å². The molecule has 0 aliphatic rings. The van der Waals surface area contributed by atoms with Crippen LogP contribution in [0.15, 0.2) is 24.3 Å². The number of unbranched alkanes of at least 4 members (excludes halogenated alkanes) is 42. The van der Waals surface area contributed by atoms with E-state index in [1.54, 1.807) is 0 Å². The van der Waals surface area contributed by atoms with Crippen LogP contribution in [0, 0.1) is 17.8 Å².